The Kier molecular flexibility index (Phi) is 9.86. The molecule has 0 aliphatic rings. The van der Waals surface area contributed by atoms with E-state index in [9.17, 15) is 20.4 Å². The van der Waals surface area contributed by atoms with Gasteiger partial charge >= 0.3 is 33.0 Å². The van der Waals surface area contributed by atoms with Crippen molar-refractivity contribution in [1.82, 2.24) is 0 Å². The third kappa shape index (κ3) is 5.96. The molecule has 186 valence electrons. The topological polar surface area (TPSA) is 117 Å². The summed E-state index contributed by atoms with van der Waals surface area (Å²) < 4.78 is 0. The van der Waals surface area contributed by atoms with E-state index in [1.54, 1.807) is 12.1 Å². The fourth-order valence-electron chi connectivity index (χ4n) is 3.72. The average Bonchev–Trinajstić information content (AvgIpc) is 2.82. The van der Waals surface area contributed by atoms with Crippen LogP contribution in [0.25, 0.3) is 11.1 Å². The van der Waals surface area contributed by atoms with Crippen molar-refractivity contribution in [3.8, 4) is 34.1 Å². The van der Waals surface area contributed by atoms with Crippen LogP contribution in [0.2, 0.25) is 0 Å². The molecule has 0 saturated carbocycles. The first-order valence-corrected chi connectivity index (χ1v) is 10.6. The van der Waals surface area contributed by atoms with Crippen LogP contribution in [-0.2, 0) is 33.0 Å². The zero-order chi connectivity index (χ0) is 24.2. The first-order chi connectivity index (χ1) is 16.4. The van der Waals surface area contributed by atoms with Crippen molar-refractivity contribution in [3.63, 3.8) is 0 Å². The Morgan fingerprint density at radius 3 is 1.28 bits per heavy atom. The number of aryl methyl sites for hydroxylation is 2. The zero-order valence-corrected chi connectivity index (χ0v) is 21.2. The molecule has 4 rings (SSSR count). The second-order valence-corrected chi connectivity index (χ2v) is 7.80. The van der Waals surface area contributed by atoms with E-state index in [-0.39, 0.29) is 44.1 Å². The largest absolute Gasteiger partial charge is 2.00 e. The van der Waals surface area contributed by atoms with Crippen molar-refractivity contribution in [2.75, 3.05) is 0 Å². The maximum atomic E-state index is 12.1. The summed E-state index contributed by atoms with van der Waals surface area (Å²) in [5.41, 5.74) is 5.13. The van der Waals surface area contributed by atoms with Gasteiger partial charge in [-0.1, -0.05) is 60.7 Å². The first kappa shape index (κ1) is 28.6. The molecule has 0 N–H and O–H groups in total. The zero-order valence-electron chi connectivity index (χ0n) is 19.2. The van der Waals surface area contributed by atoms with Crippen molar-refractivity contribution in [1.29, 1.82) is 0 Å². The number of rotatable bonds is 5. The summed E-state index contributed by atoms with van der Waals surface area (Å²) in [6, 6.07) is 19.9. The van der Waals surface area contributed by atoms with Gasteiger partial charge in [0.15, 0.2) is 0 Å². The smallest absolute Gasteiger partial charge is 0.873 e. The molecule has 4 aromatic carbocycles. The maximum absolute atomic E-state index is 12.1. The number of para-hydroxylation sites is 2. The predicted octanol–water partition coefficient (Wildman–Crippen LogP) is 3.76. The van der Waals surface area contributed by atoms with Gasteiger partial charge < -0.3 is 20.4 Å². The van der Waals surface area contributed by atoms with Crippen molar-refractivity contribution < 1.29 is 53.4 Å². The molecule has 0 aliphatic carbocycles. The normalized spacial score (nSPS) is 10.8. The van der Waals surface area contributed by atoms with Gasteiger partial charge in [-0.25, -0.2) is 0 Å². The first-order valence-electron chi connectivity index (χ1n) is 10.6. The Morgan fingerprint density at radius 1 is 0.528 bits per heavy atom. The third-order valence-electron chi connectivity index (χ3n) is 5.46. The summed E-state index contributed by atoms with van der Waals surface area (Å²) in [4.78, 5) is 9.07. The minimum Gasteiger partial charge on any atom is -0.873 e. The van der Waals surface area contributed by atoms with Crippen LogP contribution in [0.15, 0.2) is 82.8 Å². The van der Waals surface area contributed by atoms with E-state index in [0.717, 1.165) is 22.3 Å². The Morgan fingerprint density at radius 2 is 0.889 bits per heavy atom. The van der Waals surface area contributed by atoms with E-state index in [1.165, 1.54) is 36.7 Å². The molecule has 0 heterocycles. The van der Waals surface area contributed by atoms with Crippen LogP contribution in [0.5, 0.6) is 23.0 Å². The molecule has 4 aromatic rings. The number of hydrogen-bond donors (Lipinski definition) is 0. The molecule has 0 bridgehead atoms. The van der Waals surface area contributed by atoms with Crippen molar-refractivity contribution in [2.24, 2.45) is 9.98 Å². The summed E-state index contributed by atoms with van der Waals surface area (Å²) in [6.45, 7) is 3.89. The summed E-state index contributed by atoms with van der Waals surface area (Å²) in [6.07, 6.45) is 2.79. The Labute approximate surface area is 229 Å². The van der Waals surface area contributed by atoms with Gasteiger partial charge in [-0.05, 0) is 48.2 Å². The van der Waals surface area contributed by atoms with Crippen LogP contribution in [-0.4, -0.2) is 12.4 Å². The van der Waals surface area contributed by atoms with Gasteiger partial charge in [0.25, 0.3) is 0 Å². The van der Waals surface area contributed by atoms with E-state index in [0.29, 0.717) is 11.4 Å². The van der Waals surface area contributed by atoms with Crippen LogP contribution in [0.4, 0.5) is 11.4 Å². The van der Waals surface area contributed by atoms with Gasteiger partial charge in [0.2, 0.25) is 0 Å². The molecule has 0 aliphatic heterocycles. The summed E-state index contributed by atoms with van der Waals surface area (Å²) in [5, 5.41) is 47.6. The average molecular weight is 566 g/mol. The molecule has 6 nitrogen and oxygen atoms in total. The van der Waals surface area contributed by atoms with E-state index >= 15 is 0 Å². The van der Waals surface area contributed by atoms with Gasteiger partial charge in [0.05, 0.1) is 11.4 Å². The van der Waals surface area contributed by atoms with Crippen LogP contribution >= 0.6 is 0 Å². The van der Waals surface area contributed by atoms with E-state index in [1.807, 2.05) is 50.2 Å². The maximum Gasteiger partial charge on any atom is 2.00 e. The van der Waals surface area contributed by atoms with Gasteiger partial charge in [-0.3, -0.25) is 9.98 Å². The number of nitrogens with zero attached hydrogens (tertiary/aromatic N) is 2. The van der Waals surface area contributed by atoms with Crippen LogP contribution in [0.1, 0.15) is 22.3 Å². The Balaban J connectivity index is 0.00000228. The van der Waals surface area contributed by atoms with Gasteiger partial charge in [-0.15, -0.1) is 23.0 Å². The van der Waals surface area contributed by atoms with Crippen molar-refractivity contribution in [3.05, 3.63) is 95.1 Å². The molecule has 36 heavy (non-hydrogen) atoms. The van der Waals surface area contributed by atoms with Crippen LogP contribution in [0, 0.1) is 13.8 Å². The number of benzene rings is 4. The molecule has 0 amide bonds. The standard InChI is InChI=1S/C28H24N2O4.2Ni/c1-17-7-3-11-21(29-15-19-9-5-13-23(31)27(19)33)25(17)26-18(2)8-4-12-22(26)30-16-20-10-6-14-24(32)28(20)34;;/h3-16,31-34H,1-2H3;;/q;2*+2/p-4. The Hall–Kier alpha value is -3.59. The van der Waals surface area contributed by atoms with E-state index in [4.69, 9.17) is 0 Å². The van der Waals surface area contributed by atoms with E-state index in [2.05, 4.69) is 9.98 Å². The van der Waals surface area contributed by atoms with Gasteiger partial charge in [0.1, 0.15) is 0 Å². The number of aliphatic imine (C=N–C) groups is 2. The number of hydrogen-bond acceptors (Lipinski definition) is 6. The molecule has 0 spiro atoms. The molecular weight excluding hydrogens is 546 g/mol. The molecule has 0 aromatic heterocycles. The molecular formula is C28H20N2Ni2O4. The van der Waals surface area contributed by atoms with Crippen molar-refractivity contribution >= 4 is 23.8 Å². The molecule has 8 heteroatoms. The van der Waals surface area contributed by atoms with Crippen LogP contribution in [0.3, 0.4) is 0 Å². The second kappa shape index (κ2) is 12.4. The predicted molar refractivity (Wildman–Crippen MR) is 127 cm³/mol. The fourth-order valence-corrected chi connectivity index (χ4v) is 3.72. The molecule has 0 unspecified atom stereocenters. The summed E-state index contributed by atoms with van der Waals surface area (Å²) >= 11 is 0. The summed E-state index contributed by atoms with van der Waals surface area (Å²) in [7, 11) is 0. The third-order valence-corrected chi connectivity index (χ3v) is 5.46. The minimum atomic E-state index is -0.601. The van der Waals surface area contributed by atoms with Crippen molar-refractivity contribution in [2.45, 2.75) is 13.8 Å². The molecule has 0 fully saturated rings. The minimum absolute atomic E-state index is 0. The molecule has 0 atom stereocenters. The monoisotopic (exact) mass is 564 g/mol. The molecule has 0 saturated heterocycles. The second-order valence-electron chi connectivity index (χ2n) is 7.80. The van der Waals surface area contributed by atoms with Crippen LogP contribution < -0.4 is 20.4 Å². The van der Waals surface area contributed by atoms with Gasteiger partial charge in [-0.2, -0.15) is 0 Å². The fraction of sp³-hybridized carbons (Fsp3) is 0.0714. The quantitative estimate of drug-likeness (QED) is 0.270. The van der Waals surface area contributed by atoms with E-state index < -0.39 is 23.0 Å². The van der Waals surface area contributed by atoms with Gasteiger partial charge in [0, 0.05) is 23.6 Å². The Bertz CT molecular complexity index is 1330. The SMILES string of the molecule is Cc1cccc(N=Cc2cccc([O-])c2[O-])c1-c1c(C)cccc1N=Cc1cccc([O-])c1[O-].[Ni+2].[Ni+2]. The summed E-state index contributed by atoms with van der Waals surface area (Å²) in [5.74, 6) is -2.36. The molecule has 0 radical (unpaired) electrons.